The molecule has 6 heteroatoms. The van der Waals surface area contributed by atoms with Crippen molar-refractivity contribution in [2.24, 2.45) is 0 Å². The summed E-state index contributed by atoms with van der Waals surface area (Å²) in [6.45, 7) is 1.44. The van der Waals surface area contributed by atoms with Crippen molar-refractivity contribution in [3.05, 3.63) is 29.1 Å². The second kappa shape index (κ2) is 3.49. The van der Waals surface area contributed by atoms with Crippen LogP contribution < -0.4 is 5.56 Å². The number of fused-ring (bicyclic) bond motifs is 1. The molecule has 2 aromatic rings. The Morgan fingerprint density at radius 2 is 2.33 bits per heavy atom. The first-order chi connectivity index (χ1) is 7.18. The number of allylic oxidation sites excluding steroid dienone is 1. The van der Waals surface area contributed by atoms with Crippen LogP contribution in [0.15, 0.2) is 23.5 Å². The highest BCUT2D eigenvalue weighted by Crippen LogP contribution is 2.03. The maximum Gasteiger partial charge on any atom is 0.278 e. The fraction of sp³-hybridized carbons (Fsp3) is 0.111. The van der Waals surface area contributed by atoms with E-state index in [4.69, 9.17) is 0 Å². The quantitative estimate of drug-likeness (QED) is 0.707. The number of H-pyrrole nitrogens is 1. The fourth-order valence-corrected chi connectivity index (χ4v) is 1.16. The first kappa shape index (κ1) is 9.32. The van der Waals surface area contributed by atoms with Crippen molar-refractivity contribution in [1.29, 1.82) is 0 Å². The summed E-state index contributed by atoms with van der Waals surface area (Å²) < 4.78 is 1.52. The Labute approximate surface area is 84.3 Å². The summed E-state index contributed by atoms with van der Waals surface area (Å²) in [7, 11) is 0. The highest BCUT2D eigenvalue weighted by atomic mass is 16.1. The van der Waals surface area contributed by atoms with Crippen molar-refractivity contribution in [3.8, 4) is 0 Å². The van der Waals surface area contributed by atoms with E-state index in [1.807, 2.05) is 0 Å². The van der Waals surface area contributed by atoms with Gasteiger partial charge in [-0.15, -0.1) is 0 Å². The largest absolute Gasteiger partial charge is 0.311 e. The summed E-state index contributed by atoms with van der Waals surface area (Å²) in [6, 6.07) is 0. The van der Waals surface area contributed by atoms with Gasteiger partial charge in [0.05, 0.1) is 6.33 Å². The van der Waals surface area contributed by atoms with Crippen LogP contribution >= 0.6 is 0 Å². The third kappa shape index (κ3) is 1.69. The van der Waals surface area contributed by atoms with Gasteiger partial charge in [-0.25, -0.2) is 9.97 Å². The summed E-state index contributed by atoms with van der Waals surface area (Å²) in [4.78, 5) is 32.3. The zero-order valence-electron chi connectivity index (χ0n) is 7.97. The second-order valence-corrected chi connectivity index (χ2v) is 2.98. The Bertz CT molecular complexity index is 593. The molecule has 2 heterocycles. The van der Waals surface area contributed by atoms with E-state index in [2.05, 4.69) is 15.0 Å². The van der Waals surface area contributed by atoms with Crippen LogP contribution in [0.1, 0.15) is 6.92 Å². The lowest BCUT2D eigenvalue weighted by molar-refractivity contribution is -0.112. The molecular weight excluding hydrogens is 196 g/mol. The maximum atomic E-state index is 11.3. The van der Waals surface area contributed by atoms with E-state index in [1.54, 1.807) is 0 Å². The SMILES string of the molecule is CC(=O)/C=C/n1cnc2c(=O)[nH]cnc21. The molecule has 0 aliphatic rings. The van der Waals surface area contributed by atoms with Crippen molar-refractivity contribution in [1.82, 2.24) is 19.5 Å². The lowest BCUT2D eigenvalue weighted by atomic mass is 10.4. The lowest BCUT2D eigenvalue weighted by Crippen LogP contribution is -2.06. The Morgan fingerprint density at radius 1 is 1.53 bits per heavy atom. The van der Waals surface area contributed by atoms with Gasteiger partial charge in [-0.3, -0.25) is 14.2 Å². The number of ketones is 1. The smallest absolute Gasteiger partial charge is 0.278 e. The van der Waals surface area contributed by atoms with E-state index in [-0.39, 0.29) is 16.9 Å². The van der Waals surface area contributed by atoms with Crippen molar-refractivity contribution >= 4 is 23.1 Å². The predicted molar refractivity (Wildman–Crippen MR) is 54.2 cm³/mol. The second-order valence-electron chi connectivity index (χ2n) is 2.98. The third-order valence-corrected chi connectivity index (χ3v) is 1.84. The summed E-state index contributed by atoms with van der Waals surface area (Å²) in [5.41, 5.74) is 0.386. The molecule has 2 aromatic heterocycles. The molecule has 0 saturated carbocycles. The van der Waals surface area contributed by atoms with Gasteiger partial charge in [0, 0.05) is 6.20 Å². The maximum absolute atomic E-state index is 11.3. The topological polar surface area (TPSA) is 80.6 Å². The zero-order valence-corrected chi connectivity index (χ0v) is 7.97. The number of aromatic amines is 1. The number of rotatable bonds is 2. The van der Waals surface area contributed by atoms with E-state index < -0.39 is 0 Å². The van der Waals surface area contributed by atoms with Crippen LogP contribution in [-0.2, 0) is 4.79 Å². The van der Waals surface area contributed by atoms with Gasteiger partial charge in [0.25, 0.3) is 5.56 Å². The molecule has 0 amide bonds. The molecule has 0 aliphatic heterocycles. The predicted octanol–water partition coefficient (Wildman–Crippen LogP) is 0.179. The van der Waals surface area contributed by atoms with E-state index in [0.717, 1.165) is 0 Å². The van der Waals surface area contributed by atoms with Crippen LogP contribution in [0.4, 0.5) is 0 Å². The fourth-order valence-electron chi connectivity index (χ4n) is 1.16. The number of nitrogens with one attached hydrogen (secondary N) is 1. The highest BCUT2D eigenvalue weighted by Gasteiger charge is 2.04. The molecule has 6 nitrogen and oxygen atoms in total. The number of aromatic nitrogens is 4. The monoisotopic (exact) mass is 204 g/mol. The number of hydrogen-bond acceptors (Lipinski definition) is 4. The van der Waals surface area contributed by atoms with Gasteiger partial charge in [-0.2, -0.15) is 0 Å². The summed E-state index contributed by atoms with van der Waals surface area (Å²) in [5.74, 6) is -0.0818. The molecule has 0 aromatic carbocycles. The van der Waals surface area contributed by atoms with Gasteiger partial charge >= 0.3 is 0 Å². The highest BCUT2D eigenvalue weighted by molar-refractivity contribution is 5.90. The number of imidazole rings is 1. The number of hydrogen-bond donors (Lipinski definition) is 1. The Kier molecular flexibility index (Phi) is 2.17. The minimum Gasteiger partial charge on any atom is -0.311 e. The standard InChI is InChI=1S/C9H8N4O2/c1-6(14)2-3-13-5-12-7-8(13)10-4-11-9(7)15/h2-5H,1H3,(H,10,11,15)/b3-2+. The molecule has 0 fully saturated rings. The normalized spacial score (nSPS) is 11.3. The third-order valence-electron chi connectivity index (χ3n) is 1.84. The summed E-state index contributed by atoms with van der Waals surface area (Å²) >= 11 is 0. The molecule has 0 unspecified atom stereocenters. The molecule has 2 rings (SSSR count). The van der Waals surface area contributed by atoms with Crippen molar-refractivity contribution in [3.63, 3.8) is 0 Å². The average molecular weight is 204 g/mol. The van der Waals surface area contributed by atoms with Crippen LogP contribution in [0.25, 0.3) is 17.4 Å². The van der Waals surface area contributed by atoms with E-state index >= 15 is 0 Å². The van der Waals surface area contributed by atoms with Gasteiger partial charge in [-0.1, -0.05) is 0 Å². The van der Waals surface area contributed by atoms with E-state index in [1.165, 1.54) is 36.4 Å². The molecule has 0 atom stereocenters. The van der Waals surface area contributed by atoms with Gasteiger partial charge in [0.1, 0.15) is 6.33 Å². The average Bonchev–Trinajstić information content (AvgIpc) is 2.59. The minimum absolute atomic E-state index is 0.0818. The van der Waals surface area contributed by atoms with Crippen LogP contribution in [0.2, 0.25) is 0 Å². The molecule has 1 N–H and O–H groups in total. The van der Waals surface area contributed by atoms with Gasteiger partial charge in [-0.05, 0) is 13.0 Å². The van der Waals surface area contributed by atoms with Crippen LogP contribution in [0.3, 0.4) is 0 Å². The van der Waals surface area contributed by atoms with Crippen molar-refractivity contribution < 1.29 is 4.79 Å². The van der Waals surface area contributed by atoms with Gasteiger partial charge in [0.15, 0.2) is 16.9 Å². The van der Waals surface area contributed by atoms with Gasteiger partial charge in [0.2, 0.25) is 0 Å². The Morgan fingerprint density at radius 3 is 3.07 bits per heavy atom. The molecule has 0 saturated heterocycles. The van der Waals surface area contributed by atoms with Crippen molar-refractivity contribution in [2.75, 3.05) is 0 Å². The van der Waals surface area contributed by atoms with Gasteiger partial charge < -0.3 is 4.98 Å². The number of carbonyl (C=O) groups excluding carboxylic acids is 1. The van der Waals surface area contributed by atoms with Crippen LogP contribution in [-0.4, -0.2) is 25.3 Å². The van der Waals surface area contributed by atoms with E-state index in [9.17, 15) is 9.59 Å². The minimum atomic E-state index is -0.296. The van der Waals surface area contributed by atoms with Crippen LogP contribution in [0, 0.1) is 0 Å². The first-order valence-electron chi connectivity index (χ1n) is 4.27. The Balaban J connectivity index is 2.59. The van der Waals surface area contributed by atoms with Crippen molar-refractivity contribution in [2.45, 2.75) is 6.92 Å². The summed E-state index contributed by atoms with van der Waals surface area (Å²) in [6.07, 6.45) is 5.63. The first-order valence-corrected chi connectivity index (χ1v) is 4.27. The van der Waals surface area contributed by atoms with E-state index in [0.29, 0.717) is 5.65 Å². The lowest BCUT2D eigenvalue weighted by Gasteiger charge is -1.92. The molecule has 0 radical (unpaired) electrons. The molecule has 0 spiro atoms. The molecule has 76 valence electrons. The Hall–Kier alpha value is -2.24. The molecular formula is C9H8N4O2. The molecule has 15 heavy (non-hydrogen) atoms. The number of carbonyl (C=O) groups is 1. The molecule has 0 bridgehead atoms. The zero-order chi connectivity index (χ0) is 10.8. The number of nitrogens with zero attached hydrogens (tertiary/aromatic N) is 3. The molecule has 0 aliphatic carbocycles. The van der Waals surface area contributed by atoms with Crippen LogP contribution in [0.5, 0.6) is 0 Å². The summed E-state index contributed by atoms with van der Waals surface area (Å²) in [5, 5.41) is 0.